The van der Waals surface area contributed by atoms with Gasteiger partial charge < -0.3 is 15.0 Å². The fourth-order valence-electron chi connectivity index (χ4n) is 3.05. The summed E-state index contributed by atoms with van der Waals surface area (Å²) in [6, 6.07) is 2.31. The summed E-state index contributed by atoms with van der Waals surface area (Å²) in [5.41, 5.74) is 1.36. The van der Waals surface area contributed by atoms with E-state index in [1.54, 1.807) is 11.9 Å². The van der Waals surface area contributed by atoms with E-state index in [2.05, 4.69) is 5.32 Å². The molecule has 2 saturated heterocycles. The lowest BCUT2D eigenvalue weighted by atomic mass is 10.2. The van der Waals surface area contributed by atoms with E-state index in [4.69, 9.17) is 21.8 Å². The van der Waals surface area contributed by atoms with E-state index in [0.717, 1.165) is 12.1 Å². The Balaban J connectivity index is 1.80. The van der Waals surface area contributed by atoms with Crippen LogP contribution in [0, 0.1) is 11.6 Å². The molecule has 0 aliphatic carbocycles. The Labute approximate surface area is 155 Å². The zero-order valence-electron chi connectivity index (χ0n) is 14.3. The molecule has 26 heavy (non-hydrogen) atoms. The minimum absolute atomic E-state index is 0.136. The van der Waals surface area contributed by atoms with Crippen LogP contribution >= 0.6 is 12.2 Å². The highest BCUT2D eigenvalue weighted by Crippen LogP contribution is 2.31. The molecule has 142 valence electrons. The Kier molecular flexibility index (Phi) is 5.84. The second kappa shape index (κ2) is 8.11. The molecule has 2 aliphatic heterocycles. The molecule has 1 atom stereocenters. The summed E-state index contributed by atoms with van der Waals surface area (Å²) in [5, 5.41) is 4.37. The summed E-state index contributed by atoms with van der Waals surface area (Å²) in [6.07, 6.45) is -0.974. The summed E-state index contributed by atoms with van der Waals surface area (Å²) < 4.78 is 34.5. The van der Waals surface area contributed by atoms with Gasteiger partial charge in [-0.1, -0.05) is 12.2 Å². The second-order valence-electron chi connectivity index (χ2n) is 6.00. The molecule has 0 saturated carbocycles. The number of halogens is 2. The van der Waals surface area contributed by atoms with Crippen molar-refractivity contribution in [3.8, 4) is 0 Å². The second-order valence-corrected chi connectivity index (χ2v) is 6.21. The van der Waals surface area contributed by atoms with Crippen molar-refractivity contribution in [3.05, 3.63) is 23.8 Å². The normalized spacial score (nSPS) is 21.0. The first-order valence-electron chi connectivity index (χ1n) is 8.25. The van der Waals surface area contributed by atoms with Gasteiger partial charge in [0.1, 0.15) is 11.8 Å². The number of cyclic esters (lactones) is 1. The number of nitrogens with one attached hydrogen (secondary N) is 1. The Hall–Kier alpha value is -2.04. The molecule has 2 fully saturated rings. The van der Waals surface area contributed by atoms with Gasteiger partial charge in [0.15, 0.2) is 11.6 Å². The third-order valence-electron chi connectivity index (χ3n) is 4.26. The molecule has 1 amide bonds. The molecule has 7 nitrogen and oxygen atoms in total. The SMILES string of the molecule is CNC[C@H]1CN(c2cc(F)c(N3CCON(C=S)CC3)c(F)c2)C(=O)O1. The van der Waals surface area contributed by atoms with Gasteiger partial charge >= 0.3 is 6.09 Å². The summed E-state index contributed by atoms with van der Waals surface area (Å²) in [4.78, 5) is 20.1. The minimum atomic E-state index is -0.735. The molecule has 0 spiro atoms. The summed E-state index contributed by atoms with van der Waals surface area (Å²) >= 11 is 4.81. The van der Waals surface area contributed by atoms with Crippen LogP contribution in [0.2, 0.25) is 0 Å². The molecule has 1 N–H and O–H groups in total. The highest BCUT2D eigenvalue weighted by Gasteiger charge is 2.33. The van der Waals surface area contributed by atoms with Gasteiger partial charge in [0, 0.05) is 31.8 Å². The van der Waals surface area contributed by atoms with Crippen molar-refractivity contribution in [1.82, 2.24) is 10.4 Å². The summed E-state index contributed by atoms with van der Waals surface area (Å²) in [5.74, 6) is -1.47. The third-order valence-corrected chi connectivity index (χ3v) is 4.50. The number of nitrogens with zero attached hydrogens (tertiary/aromatic N) is 3. The van der Waals surface area contributed by atoms with Gasteiger partial charge in [-0.05, 0) is 7.05 Å². The first-order valence-corrected chi connectivity index (χ1v) is 8.72. The largest absolute Gasteiger partial charge is 0.443 e. The molecule has 0 bridgehead atoms. The predicted molar refractivity (Wildman–Crippen MR) is 96.4 cm³/mol. The number of hydroxylamine groups is 2. The van der Waals surface area contributed by atoms with Crippen LogP contribution in [-0.2, 0) is 9.57 Å². The molecule has 1 aromatic carbocycles. The number of thiocarbonyl (C=S) groups is 1. The Morgan fingerprint density at radius 2 is 2.04 bits per heavy atom. The molecule has 2 aliphatic rings. The van der Waals surface area contributed by atoms with Crippen LogP contribution < -0.4 is 15.1 Å². The number of hydrogen-bond acceptors (Lipinski definition) is 6. The molecule has 0 aromatic heterocycles. The molecule has 0 radical (unpaired) electrons. The topological polar surface area (TPSA) is 57.3 Å². The fourth-order valence-corrected chi connectivity index (χ4v) is 3.21. The average molecular weight is 386 g/mol. The number of hydrogen-bond donors (Lipinski definition) is 1. The number of ether oxygens (including phenoxy) is 1. The van der Waals surface area contributed by atoms with Crippen molar-refractivity contribution in [3.63, 3.8) is 0 Å². The highest BCUT2D eigenvalue weighted by molar-refractivity contribution is 7.78. The van der Waals surface area contributed by atoms with Gasteiger partial charge in [-0.3, -0.25) is 9.74 Å². The lowest BCUT2D eigenvalue weighted by Gasteiger charge is -2.24. The van der Waals surface area contributed by atoms with Crippen LogP contribution in [0.4, 0.5) is 25.0 Å². The van der Waals surface area contributed by atoms with Crippen molar-refractivity contribution < 1.29 is 23.1 Å². The quantitative estimate of drug-likeness (QED) is 0.770. The van der Waals surface area contributed by atoms with Crippen molar-refractivity contribution in [2.45, 2.75) is 6.10 Å². The number of amides is 1. The van der Waals surface area contributed by atoms with E-state index in [9.17, 15) is 13.6 Å². The minimum Gasteiger partial charge on any atom is -0.443 e. The maximum Gasteiger partial charge on any atom is 0.414 e. The van der Waals surface area contributed by atoms with E-state index < -0.39 is 17.7 Å². The zero-order chi connectivity index (χ0) is 18.7. The van der Waals surface area contributed by atoms with Crippen LogP contribution in [0.3, 0.4) is 0 Å². The average Bonchev–Trinajstić information content (AvgIpc) is 2.82. The van der Waals surface area contributed by atoms with E-state index in [1.807, 2.05) is 0 Å². The van der Waals surface area contributed by atoms with Crippen molar-refractivity contribution in [2.75, 3.05) is 56.2 Å². The Bertz CT molecular complexity index is 670. The summed E-state index contributed by atoms with van der Waals surface area (Å²) in [7, 11) is 1.74. The van der Waals surface area contributed by atoms with Gasteiger partial charge in [0.2, 0.25) is 0 Å². The van der Waals surface area contributed by atoms with E-state index >= 15 is 0 Å². The smallest absolute Gasteiger partial charge is 0.414 e. The Morgan fingerprint density at radius 3 is 2.69 bits per heavy atom. The van der Waals surface area contributed by atoms with Crippen LogP contribution in [0.1, 0.15) is 0 Å². The van der Waals surface area contributed by atoms with Gasteiger partial charge in [0.05, 0.1) is 30.9 Å². The molecule has 0 unspecified atom stereocenters. The molecular weight excluding hydrogens is 366 g/mol. The van der Waals surface area contributed by atoms with E-state index in [-0.39, 0.29) is 30.6 Å². The molecule has 2 heterocycles. The van der Waals surface area contributed by atoms with Gasteiger partial charge in [-0.15, -0.1) is 0 Å². The zero-order valence-corrected chi connectivity index (χ0v) is 15.1. The fraction of sp³-hybridized carbons (Fsp3) is 0.500. The van der Waals surface area contributed by atoms with Gasteiger partial charge in [-0.2, -0.15) is 0 Å². The lowest BCUT2D eigenvalue weighted by Crippen LogP contribution is -2.31. The lowest BCUT2D eigenvalue weighted by molar-refractivity contribution is -0.0784. The van der Waals surface area contributed by atoms with Crippen LogP contribution in [0.15, 0.2) is 12.1 Å². The molecular formula is C16H20F2N4O3S. The number of rotatable bonds is 5. The third kappa shape index (κ3) is 3.87. The Morgan fingerprint density at radius 1 is 1.31 bits per heavy atom. The highest BCUT2D eigenvalue weighted by atomic mass is 32.1. The van der Waals surface area contributed by atoms with Gasteiger partial charge in [0.25, 0.3) is 0 Å². The first-order chi connectivity index (χ1) is 12.5. The summed E-state index contributed by atoms with van der Waals surface area (Å²) in [6.45, 7) is 2.04. The molecule has 10 heteroatoms. The number of likely N-dealkylation sites (N-methyl/N-ethyl adjacent to an activating group) is 1. The van der Waals surface area contributed by atoms with Crippen molar-refractivity contribution in [1.29, 1.82) is 0 Å². The van der Waals surface area contributed by atoms with E-state index in [0.29, 0.717) is 26.2 Å². The number of carbonyl (C=O) groups is 1. The van der Waals surface area contributed by atoms with Crippen molar-refractivity contribution >= 4 is 35.2 Å². The van der Waals surface area contributed by atoms with E-state index in [1.165, 1.54) is 15.5 Å². The monoisotopic (exact) mass is 386 g/mol. The predicted octanol–water partition coefficient (Wildman–Crippen LogP) is 1.52. The molecule has 3 rings (SSSR count). The first kappa shape index (κ1) is 18.7. The molecule has 1 aromatic rings. The van der Waals surface area contributed by atoms with Crippen LogP contribution in [-0.4, -0.2) is 69.1 Å². The number of carbonyl (C=O) groups excluding carboxylic acids is 1. The number of benzene rings is 1. The van der Waals surface area contributed by atoms with Crippen LogP contribution in [0.25, 0.3) is 0 Å². The van der Waals surface area contributed by atoms with Gasteiger partial charge in [-0.25, -0.2) is 18.6 Å². The standard InChI is InChI=1S/C16H20F2N4O3S/c1-19-8-12-9-22(16(23)25-12)11-6-13(17)15(14(18)7-11)20-2-3-21(10-26)24-5-4-20/h6-7,10,12,19H,2-5,8-9H2,1H3/t12-/m0/s1. The van der Waals surface area contributed by atoms with Crippen molar-refractivity contribution in [2.24, 2.45) is 0 Å². The van der Waals surface area contributed by atoms with Crippen LogP contribution in [0.5, 0.6) is 0 Å². The maximum absolute atomic E-state index is 14.7. The number of anilines is 2. The maximum atomic E-state index is 14.7.